The van der Waals surface area contributed by atoms with Gasteiger partial charge >= 0.3 is 11.7 Å². The summed E-state index contributed by atoms with van der Waals surface area (Å²) in [7, 11) is 2.03. The number of aromatic nitrogens is 3. The molecule has 0 amide bonds. The molecule has 0 aliphatic heterocycles. The monoisotopic (exact) mass is 479 g/mol. The Morgan fingerprint density at radius 1 is 0.939 bits per heavy atom. The number of ether oxygens (including phenoxy) is 2. The minimum absolute atomic E-state index is 0.00221. The molecule has 0 aliphatic carbocycles. The SMILES string of the molecule is C=C(OC(C)(C)C)c1cc[n+](C)n1C(C)(C)C.CC(C)(C)OC(=O)c1csc[n+]1C(C)(C)C. The lowest BCUT2D eigenvalue weighted by atomic mass is 10.1. The molecular formula is C26H45N3O3S+2. The molecule has 0 atom stereocenters. The Hall–Kier alpha value is -2.15. The molecule has 0 bridgehead atoms. The third-order valence-electron chi connectivity index (χ3n) is 4.28. The van der Waals surface area contributed by atoms with Crippen LogP contribution in [0.4, 0.5) is 0 Å². The second-order valence-corrected chi connectivity index (χ2v) is 12.9. The third-order valence-corrected chi connectivity index (χ3v) is 4.97. The first-order valence-electron chi connectivity index (χ1n) is 11.3. The van der Waals surface area contributed by atoms with Crippen LogP contribution in [-0.4, -0.2) is 21.9 Å². The van der Waals surface area contributed by atoms with Gasteiger partial charge < -0.3 is 9.47 Å². The van der Waals surface area contributed by atoms with E-state index in [0.717, 1.165) is 5.69 Å². The Morgan fingerprint density at radius 2 is 1.45 bits per heavy atom. The van der Waals surface area contributed by atoms with Crippen molar-refractivity contribution in [1.29, 1.82) is 0 Å². The van der Waals surface area contributed by atoms with Gasteiger partial charge in [0.25, 0.3) is 0 Å². The van der Waals surface area contributed by atoms with Crippen molar-refractivity contribution < 1.29 is 23.5 Å². The largest absolute Gasteiger partial charge is 0.486 e. The highest BCUT2D eigenvalue weighted by Gasteiger charge is 2.33. The zero-order valence-corrected chi connectivity index (χ0v) is 23.8. The molecule has 186 valence electrons. The fourth-order valence-corrected chi connectivity index (χ4v) is 4.17. The molecule has 2 aromatic heterocycles. The van der Waals surface area contributed by atoms with E-state index >= 15 is 0 Å². The summed E-state index contributed by atoms with van der Waals surface area (Å²) in [5.74, 6) is 0.455. The third kappa shape index (κ3) is 8.95. The van der Waals surface area contributed by atoms with Crippen LogP contribution in [0.5, 0.6) is 0 Å². The van der Waals surface area contributed by atoms with Crippen molar-refractivity contribution in [2.24, 2.45) is 7.05 Å². The van der Waals surface area contributed by atoms with Crippen molar-refractivity contribution in [3.05, 3.63) is 41.1 Å². The van der Waals surface area contributed by atoms with Crippen LogP contribution in [0.2, 0.25) is 0 Å². The maximum Gasteiger partial charge on any atom is 0.405 e. The Kier molecular flexibility index (Phi) is 8.75. The van der Waals surface area contributed by atoms with Gasteiger partial charge in [-0.05, 0) is 62.3 Å². The molecule has 0 aromatic carbocycles. The number of rotatable bonds is 3. The molecule has 0 unspecified atom stereocenters. The van der Waals surface area contributed by atoms with E-state index < -0.39 is 5.60 Å². The molecule has 0 saturated carbocycles. The molecule has 33 heavy (non-hydrogen) atoms. The molecule has 2 heterocycles. The Morgan fingerprint density at radius 3 is 1.88 bits per heavy atom. The predicted octanol–water partition coefficient (Wildman–Crippen LogP) is 5.60. The van der Waals surface area contributed by atoms with E-state index in [0.29, 0.717) is 11.5 Å². The first-order valence-corrected chi connectivity index (χ1v) is 12.3. The van der Waals surface area contributed by atoms with Gasteiger partial charge in [0, 0.05) is 26.8 Å². The number of carbonyl (C=O) groups excluding carboxylic acids is 1. The van der Waals surface area contributed by atoms with Gasteiger partial charge in [0.2, 0.25) is 5.51 Å². The number of hydrogen-bond acceptors (Lipinski definition) is 4. The average Bonchev–Trinajstić information content (AvgIpc) is 3.17. The van der Waals surface area contributed by atoms with Gasteiger partial charge in [-0.3, -0.25) is 0 Å². The molecule has 0 radical (unpaired) electrons. The predicted molar refractivity (Wildman–Crippen MR) is 135 cm³/mol. The number of nitrogens with zero attached hydrogens (tertiary/aromatic N) is 3. The summed E-state index contributed by atoms with van der Waals surface area (Å²) < 4.78 is 17.4. The number of aryl methyl sites for hydroxylation is 1. The smallest absolute Gasteiger partial charge is 0.405 e. The van der Waals surface area contributed by atoms with Crippen LogP contribution in [0, 0.1) is 0 Å². The van der Waals surface area contributed by atoms with Crippen LogP contribution in [0.25, 0.3) is 5.76 Å². The number of carbonyl (C=O) groups is 1. The molecular weight excluding hydrogens is 434 g/mol. The van der Waals surface area contributed by atoms with Gasteiger partial charge in [-0.25, -0.2) is 4.79 Å². The van der Waals surface area contributed by atoms with E-state index in [1.54, 1.807) is 0 Å². The zero-order chi connectivity index (χ0) is 26.0. The minimum Gasteiger partial charge on any atom is -0.486 e. The van der Waals surface area contributed by atoms with Crippen LogP contribution in [-0.2, 0) is 27.6 Å². The summed E-state index contributed by atoms with van der Waals surface area (Å²) in [5.41, 5.74) is 2.81. The molecule has 2 rings (SSSR count). The summed E-state index contributed by atoms with van der Waals surface area (Å²) in [6.45, 7) is 28.4. The quantitative estimate of drug-likeness (QED) is 0.327. The van der Waals surface area contributed by atoms with Crippen molar-refractivity contribution in [2.45, 2.75) is 105 Å². The molecule has 0 saturated heterocycles. The maximum atomic E-state index is 12.0. The first-order chi connectivity index (χ1) is 14.6. The highest BCUT2D eigenvalue weighted by Crippen LogP contribution is 2.24. The topological polar surface area (TPSA) is 48.2 Å². The molecule has 0 spiro atoms. The van der Waals surface area contributed by atoms with Gasteiger partial charge in [0.15, 0.2) is 18.8 Å². The maximum absolute atomic E-state index is 12.0. The lowest BCUT2D eigenvalue weighted by molar-refractivity contribution is -0.760. The lowest BCUT2D eigenvalue weighted by Crippen LogP contribution is -2.53. The lowest BCUT2D eigenvalue weighted by Gasteiger charge is -2.25. The Bertz CT molecular complexity index is 959. The zero-order valence-electron chi connectivity index (χ0n) is 23.0. The van der Waals surface area contributed by atoms with E-state index in [4.69, 9.17) is 9.47 Å². The van der Waals surface area contributed by atoms with Crippen LogP contribution < -0.4 is 9.25 Å². The van der Waals surface area contributed by atoms with Crippen LogP contribution in [0.3, 0.4) is 0 Å². The highest BCUT2D eigenvalue weighted by atomic mass is 32.1. The van der Waals surface area contributed by atoms with Gasteiger partial charge in [-0.2, -0.15) is 4.57 Å². The minimum atomic E-state index is -0.450. The summed E-state index contributed by atoms with van der Waals surface area (Å²) >= 11 is 1.51. The fraction of sp³-hybridized carbons (Fsp3) is 0.654. The van der Waals surface area contributed by atoms with Crippen molar-refractivity contribution in [3.8, 4) is 0 Å². The Balaban J connectivity index is 0.000000331. The summed E-state index contributed by atoms with van der Waals surface area (Å²) in [6, 6.07) is 2.04. The van der Waals surface area contributed by atoms with Gasteiger partial charge in [0.1, 0.15) is 22.7 Å². The Labute approximate surface area is 204 Å². The van der Waals surface area contributed by atoms with Crippen LogP contribution >= 0.6 is 11.3 Å². The molecule has 6 nitrogen and oxygen atoms in total. The summed E-state index contributed by atoms with van der Waals surface area (Å²) in [6.07, 6.45) is 2.03. The number of hydrogen-bond donors (Lipinski definition) is 0. The average molecular weight is 480 g/mol. The van der Waals surface area contributed by atoms with Gasteiger partial charge in [-0.1, -0.05) is 17.9 Å². The van der Waals surface area contributed by atoms with Crippen molar-refractivity contribution in [3.63, 3.8) is 0 Å². The van der Waals surface area contributed by atoms with Gasteiger partial charge in [-0.15, -0.1) is 9.36 Å². The van der Waals surface area contributed by atoms with E-state index in [-0.39, 0.29) is 22.6 Å². The molecule has 7 heteroatoms. The van der Waals surface area contributed by atoms with E-state index in [2.05, 4.69) is 57.5 Å². The molecule has 0 N–H and O–H groups in total. The highest BCUT2D eigenvalue weighted by molar-refractivity contribution is 7.07. The fourth-order valence-electron chi connectivity index (χ4n) is 3.22. The van der Waals surface area contributed by atoms with Crippen molar-refractivity contribution >= 4 is 23.1 Å². The van der Waals surface area contributed by atoms with Crippen molar-refractivity contribution in [1.82, 2.24) is 4.68 Å². The van der Waals surface area contributed by atoms with Crippen LogP contribution in [0.15, 0.2) is 29.7 Å². The first kappa shape index (κ1) is 28.9. The molecule has 0 fully saturated rings. The van der Waals surface area contributed by atoms with Crippen molar-refractivity contribution in [2.75, 3.05) is 0 Å². The normalized spacial score (nSPS) is 12.6. The van der Waals surface area contributed by atoms with E-state index in [9.17, 15) is 4.79 Å². The summed E-state index contributed by atoms with van der Waals surface area (Å²) in [4.78, 5) is 12.0. The van der Waals surface area contributed by atoms with E-state index in [1.807, 2.05) is 76.3 Å². The van der Waals surface area contributed by atoms with Gasteiger partial charge in [0.05, 0.1) is 10.9 Å². The van der Waals surface area contributed by atoms with E-state index in [1.165, 1.54) is 11.3 Å². The summed E-state index contributed by atoms with van der Waals surface area (Å²) in [5, 5.41) is 1.83. The molecule has 2 aromatic rings. The second kappa shape index (κ2) is 10.00. The number of thiazole rings is 1. The standard InChI is InChI=1S/C14H25N2O.C12H20NO2S/c1-11(17-14(5,6)7)12-9-10-15(8)16(12)13(2,3)4;1-11(2,3)13-8-16-7-9(13)10(14)15-12(4,5)6/h9-10H,1H2,2-8H3;7-8H,1-6H3/q2*+1. The second-order valence-electron chi connectivity index (χ2n) is 12.2. The van der Waals surface area contributed by atoms with Crippen LogP contribution in [0.1, 0.15) is 99.3 Å². The number of esters is 1. The molecule has 0 aliphatic rings.